The molecular weight excluding hydrogens is 334 g/mol. The summed E-state index contributed by atoms with van der Waals surface area (Å²) in [4.78, 5) is 28.9. The Morgan fingerprint density at radius 2 is 2.04 bits per heavy atom. The summed E-state index contributed by atoms with van der Waals surface area (Å²) in [6.45, 7) is 3.81. The molecule has 0 aliphatic heterocycles. The van der Waals surface area contributed by atoms with E-state index in [2.05, 4.69) is 10.1 Å². The van der Waals surface area contributed by atoms with Crippen molar-refractivity contribution in [3.05, 3.63) is 56.7 Å². The Kier molecular flexibility index (Phi) is 4.35. The summed E-state index contributed by atoms with van der Waals surface area (Å²) in [5, 5.41) is 4.27. The van der Waals surface area contributed by atoms with E-state index >= 15 is 0 Å². The predicted octanol–water partition coefficient (Wildman–Crippen LogP) is 2.57. The molecule has 3 aromatic rings. The summed E-state index contributed by atoms with van der Waals surface area (Å²) in [7, 11) is 0. The van der Waals surface area contributed by atoms with E-state index < -0.39 is 11.5 Å². The second-order valence-corrected chi connectivity index (χ2v) is 5.55. The first-order valence-corrected chi connectivity index (χ1v) is 7.67. The third-order valence-electron chi connectivity index (χ3n) is 3.51. The fraction of sp³-hybridized carbons (Fsp3) is 0.250. The van der Waals surface area contributed by atoms with Crippen LogP contribution in [0.15, 0.2) is 33.6 Å². The van der Waals surface area contributed by atoms with Gasteiger partial charge < -0.3 is 9.26 Å². The van der Waals surface area contributed by atoms with E-state index in [-0.39, 0.29) is 29.9 Å². The number of hydrogen-bond acceptors (Lipinski definition) is 6. The van der Waals surface area contributed by atoms with E-state index in [1.54, 1.807) is 26.0 Å². The molecule has 124 valence electrons. The average Bonchev–Trinajstić information content (AvgIpc) is 2.97. The third-order valence-corrected chi connectivity index (χ3v) is 3.76. The first-order valence-electron chi connectivity index (χ1n) is 7.29. The topological polar surface area (TPSA) is 87.2 Å². The van der Waals surface area contributed by atoms with Crippen LogP contribution in [0.3, 0.4) is 0 Å². The van der Waals surface area contributed by atoms with Crippen molar-refractivity contribution in [2.45, 2.75) is 20.4 Å². The molecule has 7 nitrogen and oxygen atoms in total. The molecule has 0 N–H and O–H groups in total. The minimum Gasteiger partial charge on any atom is -0.461 e. The summed E-state index contributed by atoms with van der Waals surface area (Å²) < 4.78 is 11.4. The summed E-state index contributed by atoms with van der Waals surface area (Å²) in [5.41, 5.74) is 0.332. The lowest BCUT2D eigenvalue weighted by molar-refractivity contribution is 0.0516. The molecule has 0 radical (unpaired) electrons. The molecule has 0 fully saturated rings. The van der Waals surface area contributed by atoms with Gasteiger partial charge in [-0.1, -0.05) is 28.9 Å². The molecule has 0 aliphatic rings. The van der Waals surface area contributed by atoms with E-state index in [1.165, 1.54) is 4.57 Å². The zero-order valence-electron chi connectivity index (χ0n) is 13.1. The van der Waals surface area contributed by atoms with Gasteiger partial charge in [0.25, 0.3) is 11.3 Å². The smallest absolute Gasteiger partial charge is 0.361 e. The maximum absolute atomic E-state index is 12.8. The van der Waals surface area contributed by atoms with Gasteiger partial charge in [-0.25, -0.2) is 4.79 Å². The number of benzene rings is 1. The Hall–Kier alpha value is -2.67. The Balaban J connectivity index is 2.11. The Morgan fingerprint density at radius 1 is 1.33 bits per heavy atom. The van der Waals surface area contributed by atoms with Crippen molar-refractivity contribution in [3.8, 4) is 0 Å². The monoisotopic (exact) mass is 347 g/mol. The molecule has 0 saturated carbocycles. The fourth-order valence-corrected chi connectivity index (χ4v) is 2.46. The van der Waals surface area contributed by atoms with Crippen molar-refractivity contribution in [2.24, 2.45) is 0 Å². The van der Waals surface area contributed by atoms with Crippen LogP contribution in [0, 0.1) is 6.92 Å². The van der Waals surface area contributed by atoms with Crippen LogP contribution in [0.1, 0.15) is 28.8 Å². The average molecular weight is 348 g/mol. The SMILES string of the molecule is CCOC(=O)c1noc2nc(C)n(Cc3ccc(Cl)cc3)c(=O)c12. The zero-order chi connectivity index (χ0) is 17.3. The first-order chi connectivity index (χ1) is 11.5. The van der Waals surface area contributed by atoms with E-state index in [9.17, 15) is 9.59 Å². The summed E-state index contributed by atoms with van der Waals surface area (Å²) >= 11 is 5.87. The van der Waals surface area contributed by atoms with Crippen molar-refractivity contribution in [1.29, 1.82) is 0 Å². The molecule has 0 atom stereocenters. The van der Waals surface area contributed by atoms with Crippen LogP contribution in [-0.2, 0) is 11.3 Å². The molecule has 8 heteroatoms. The second kappa shape index (κ2) is 6.45. The highest BCUT2D eigenvalue weighted by Gasteiger charge is 2.23. The Labute approximate surface area is 141 Å². The van der Waals surface area contributed by atoms with Crippen molar-refractivity contribution in [2.75, 3.05) is 6.61 Å². The Morgan fingerprint density at radius 3 is 2.71 bits per heavy atom. The van der Waals surface area contributed by atoms with Gasteiger partial charge in [-0.05, 0) is 31.5 Å². The summed E-state index contributed by atoms with van der Waals surface area (Å²) in [6.07, 6.45) is 0. The van der Waals surface area contributed by atoms with Gasteiger partial charge in [0.1, 0.15) is 11.2 Å². The highest BCUT2D eigenvalue weighted by molar-refractivity contribution is 6.30. The van der Waals surface area contributed by atoms with Crippen LogP contribution in [0.5, 0.6) is 0 Å². The van der Waals surface area contributed by atoms with Crippen LogP contribution in [0.25, 0.3) is 11.1 Å². The van der Waals surface area contributed by atoms with Crippen LogP contribution in [0.2, 0.25) is 5.02 Å². The van der Waals surface area contributed by atoms with E-state index in [0.717, 1.165) is 5.56 Å². The standard InChI is InChI=1S/C16H14ClN3O4/c1-3-23-16(22)13-12-14(24-19-13)18-9(2)20(15(12)21)8-10-4-6-11(17)7-5-10/h4-7H,3,8H2,1-2H3. The van der Waals surface area contributed by atoms with Gasteiger partial charge >= 0.3 is 5.97 Å². The Bertz CT molecular complexity index is 960. The van der Waals surface area contributed by atoms with Gasteiger partial charge in [-0.3, -0.25) is 9.36 Å². The number of aromatic nitrogens is 3. The van der Waals surface area contributed by atoms with Crippen LogP contribution < -0.4 is 5.56 Å². The lowest BCUT2D eigenvalue weighted by Gasteiger charge is -2.09. The van der Waals surface area contributed by atoms with Crippen LogP contribution in [0.4, 0.5) is 0 Å². The van der Waals surface area contributed by atoms with Crippen molar-refractivity contribution in [3.63, 3.8) is 0 Å². The number of carbonyl (C=O) groups is 1. The molecule has 0 aliphatic carbocycles. The van der Waals surface area contributed by atoms with Crippen molar-refractivity contribution in [1.82, 2.24) is 14.7 Å². The number of halogens is 1. The van der Waals surface area contributed by atoms with Crippen molar-refractivity contribution < 1.29 is 14.1 Å². The number of rotatable bonds is 4. The van der Waals surface area contributed by atoms with E-state index in [1.807, 2.05) is 12.1 Å². The molecule has 0 amide bonds. The maximum Gasteiger partial charge on any atom is 0.361 e. The molecule has 0 unspecified atom stereocenters. The number of nitrogens with zero attached hydrogens (tertiary/aromatic N) is 3. The number of esters is 1. The largest absolute Gasteiger partial charge is 0.461 e. The van der Waals surface area contributed by atoms with Gasteiger partial charge in [0.2, 0.25) is 5.69 Å². The number of hydrogen-bond donors (Lipinski definition) is 0. The minimum absolute atomic E-state index is 0.0212. The van der Waals surface area contributed by atoms with Gasteiger partial charge in [-0.15, -0.1) is 0 Å². The molecule has 0 saturated heterocycles. The lowest BCUT2D eigenvalue weighted by atomic mass is 10.2. The number of fused-ring (bicyclic) bond motifs is 1. The summed E-state index contributed by atoms with van der Waals surface area (Å²) in [6, 6.07) is 7.12. The maximum atomic E-state index is 12.8. The molecule has 1 aromatic carbocycles. The van der Waals surface area contributed by atoms with E-state index in [0.29, 0.717) is 10.8 Å². The van der Waals surface area contributed by atoms with Gasteiger partial charge in [-0.2, -0.15) is 4.98 Å². The highest BCUT2D eigenvalue weighted by atomic mass is 35.5. The number of ether oxygens (including phenoxy) is 1. The fourth-order valence-electron chi connectivity index (χ4n) is 2.34. The van der Waals surface area contributed by atoms with Crippen LogP contribution in [-0.4, -0.2) is 27.3 Å². The van der Waals surface area contributed by atoms with E-state index in [4.69, 9.17) is 20.9 Å². The molecule has 2 heterocycles. The van der Waals surface area contributed by atoms with Gasteiger partial charge in [0.05, 0.1) is 13.2 Å². The van der Waals surface area contributed by atoms with Crippen LogP contribution >= 0.6 is 11.6 Å². The predicted molar refractivity (Wildman–Crippen MR) is 87.3 cm³/mol. The first kappa shape index (κ1) is 16.2. The van der Waals surface area contributed by atoms with Crippen molar-refractivity contribution >= 4 is 28.7 Å². The molecular formula is C16H14ClN3O4. The molecule has 2 aromatic heterocycles. The normalized spacial score (nSPS) is 11.0. The minimum atomic E-state index is -0.711. The number of aryl methyl sites for hydroxylation is 1. The molecule has 24 heavy (non-hydrogen) atoms. The van der Waals surface area contributed by atoms with Gasteiger partial charge in [0, 0.05) is 5.02 Å². The quantitative estimate of drug-likeness (QED) is 0.674. The zero-order valence-corrected chi connectivity index (χ0v) is 13.8. The number of carbonyl (C=O) groups excluding carboxylic acids is 1. The molecule has 0 bridgehead atoms. The van der Waals surface area contributed by atoms with Gasteiger partial charge in [0.15, 0.2) is 0 Å². The lowest BCUT2D eigenvalue weighted by Crippen LogP contribution is -2.25. The highest BCUT2D eigenvalue weighted by Crippen LogP contribution is 2.16. The summed E-state index contributed by atoms with van der Waals surface area (Å²) in [5.74, 6) is -0.258. The molecule has 3 rings (SSSR count). The molecule has 0 spiro atoms. The second-order valence-electron chi connectivity index (χ2n) is 5.11. The third kappa shape index (κ3) is 2.90.